The zero-order chi connectivity index (χ0) is 39.8. The molecule has 0 amide bonds. The number of hydrogen-bond donors (Lipinski definition) is 3. The summed E-state index contributed by atoms with van der Waals surface area (Å²) in [6, 6.07) is 27.8. The van der Waals surface area contributed by atoms with Crippen LogP contribution in [0.2, 0.25) is 0 Å². The lowest BCUT2D eigenvalue weighted by molar-refractivity contribution is -0.136. The van der Waals surface area contributed by atoms with E-state index >= 15 is 22.0 Å². The summed E-state index contributed by atoms with van der Waals surface area (Å²) in [6.07, 6.45) is -5.19. The second-order valence-electron chi connectivity index (χ2n) is 15.9. The Morgan fingerprint density at radius 3 is 0.982 bits per heavy atom. The molecule has 8 heteroatoms. The lowest BCUT2D eigenvalue weighted by atomic mass is 9.83. The average Bonchev–Trinajstić information content (AvgIpc) is 3.81. The van der Waals surface area contributed by atoms with Crippen LogP contribution in [0.25, 0.3) is 98.8 Å². The van der Waals surface area contributed by atoms with Crippen LogP contribution < -0.4 is 0 Å². The Morgan fingerprint density at radius 2 is 0.667 bits per heavy atom. The first kappa shape index (κ1) is 35.0. The standard InChI is InChI=1S/C49H36F5N3/c1-22-7-10-37-28(13-22)31-16-25(4)19-34(46(31)55-37)40-43(49(52,53)54)41(35-20-26(5)17-32-29-14-23(2)8-11-38(29)56-47(32)35)45(51)42(44(40)50)36-21-27(6)18-33-30-15-24(3)9-12-39(30)57-48(33)36/h7-21,55-57H,1-6H3. The fourth-order valence-electron chi connectivity index (χ4n) is 9.08. The number of rotatable bonds is 3. The van der Waals surface area contributed by atoms with Crippen molar-refractivity contribution in [3.63, 3.8) is 0 Å². The molecule has 3 nitrogen and oxygen atoms in total. The Labute approximate surface area is 324 Å². The van der Waals surface area contributed by atoms with Crippen LogP contribution in [0.4, 0.5) is 22.0 Å². The van der Waals surface area contributed by atoms with E-state index in [2.05, 4.69) is 15.0 Å². The SMILES string of the molecule is Cc1ccc2[nH]c3c(-c4c(F)c(-c5cc(C)cc6c5[nH]c5ccc(C)cc56)c(C(F)(F)F)c(-c5cc(C)cc6c5[nH]c5ccc(C)cc56)c4F)cc(C)cc3c2c1. The molecular weight excluding hydrogens is 726 g/mol. The topological polar surface area (TPSA) is 47.4 Å². The Hall–Kier alpha value is -6.41. The fourth-order valence-corrected chi connectivity index (χ4v) is 9.08. The molecule has 0 aliphatic heterocycles. The molecule has 10 rings (SSSR count). The summed E-state index contributed by atoms with van der Waals surface area (Å²) in [7, 11) is 0. The van der Waals surface area contributed by atoms with Gasteiger partial charge in [-0.2, -0.15) is 13.2 Å². The fraction of sp³-hybridized carbons (Fsp3) is 0.143. The van der Waals surface area contributed by atoms with Crippen LogP contribution in [0.1, 0.15) is 38.9 Å². The van der Waals surface area contributed by atoms with Gasteiger partial charge in [0, 0.05) is 76.7 Å². The van der Waals surface area contributed by atoms with E-state index in [-0.39, 0.29) is 16.7 Å². The summed E-state index contributed by atoms with van der Waals surface area (Å²) in [5, 5.41) is 4.47. The third-order valence-electron chi connectivity index (χ3n) is 11.5. The smallest absolute Gasteiger partial charge is 0.354 e. The highest BCUT2D eigenvalue weighted by molar-refractivity contribution is 6.17. The van der Waals surface area contributed by atoms with Crippen LogP contribution in [-0.4, -0.2) is 15.0 Å². The van der Waals surface area contributed by atoms with Crippen molar-refractivity contribution in [1.82, 2.24) is 15.0 Å². The Morgan fingerprint density at radius 1 is 0.368 bits per heavy atom. The Bertz CT molecular complexity index is 3220. The Kier molecular flexibility index (Phi) is 7.40. The van der Waals surface area contributed by atoms with Crippen molar-refractivity contribution in [3.8, 4) is 33.4 Å². The minimum atomic E-state index is -5.19. The molecular formula is C49H36F5N3. The summed E-state index contributed by atoms with van der Waals surface area (Å²) in [6.45, 7) is 11.2. The summed E-state index contributed by atoms with van der Waals surface area (Å²) >= 11 is 0. The largest absolute Gasteiger partial charge is 0.417 e. The molecule has 57 heavy (non-hydrogen) atoms. The van der Waals surface area contributed by atoms with Crippen molar-refractivity contribution >= 4 is 65.4 Å². The maximum absolute atomic E-state index is 18.2. The van der Waals surface area contributed by atoms with E-state index in [4.69, 9.17) is 0 Å². The lowest BCUT2D eigenvalue weighted by Gasteiger charge is -2.24. The first-order chi connectivity index (χ1) is 27.2. The molecule has 0 saturated carbocycles. The van der Waals surface area contributed by atoms with E-state index in [0.717, 1.165) is 43.8 Å². The molecule has 3 N–H and O–H groups in total. The van der Waals surface area contributed by atoms with Gasteiger partial charge in [-0.05, 0) is 131 Å². The molecule has 0 atom stereocenters. The molecule has 0 saturated heterocycles. The molecule has 7 aromatic carbocycles. The van der Waals surface area contributed by atoms with Gasteiger partial charge in [-0.1, -0.05) is 34.9 Å². The number of benzene rings is 7. The normalized spacial score (nSPS) is 12.5. The number of hydrogen-bond acceptors (Lipinski definition) is 0. The van der Waals surface area contributed by atoms with Crippen LogP contribution in [-0.2, 0) is 6.18 Å². The number of H-pyrrole nitrogens is 3. The van der Waals surface area contributed by atoms with Crippen molar-refractivity contribution in [2.24, 2.45) is 0 Å². The monoisotopic (exact) mass is 761 g/mol. The van der Waals surface area contributed by atoms with Gasteiger partial charge >= 0.3 is 6.18 Å². The molecule has 10 aromatic rings. The van der Waals surface area contributed by atoms with Crippen molar-refractivity contribution in [3.05, 3.63) is 142 Å². The van der Waals surface area contributed by atoms with Crippen LogP contribution >= 0.6 is 0 Å². The van der Waals surface area contributed by atoms with E-state index in [9.17, 15) is 0 Å². The summed E-state index contributed by atoms with van der Waals surface area (Å²) in [4.78, 5) is 10.0. The van der Waals surface area contributed by atoms with Gasteiger partial charge < -0.3 is 15.0 Å². The molecule has 0 radical (unpaired) electrons. The van der Waals surface area contributed by atoms with Gasteiger partial charge in [0.05, 0.1) is 27.7 Å². The summed E-state index contributed by atoms with van der Waals surface area (Å²) < 4.78 is 85.0. The molecule has 0 spiro atoms. The number of halogens is 5. The van der Waals surface area contributed by atoms with E-state index in [1.54, 1.807) is 32.0 Å². The number of aromatic amines is 3. The molecule has 0 fully saturated rings. The highest BCUT2D eigenvalue weighted by Gasteiger charge is 2.43. The quantitative estimate of drug-likeness (QED) is 0.150. The van der Waals surface area contributed by atoms with Gasteiger partial charge in [0.15, 0.2) is 0 Å². The van der Waals surface area contributed by atoms with Gasteiger partial charge in [0.1, 0.15) is 11.6 Å². The minimum absolute atomic E-state index is 0.00137. The number of alkyl halides is 3. The molecule has 0 bridgehead atoms. The first-order valence-corrected chi connectivity index (χ1v) is 18.9. The second-order valence-corrected chi connectivity index (χ2v) is 15.9. The summed E-state index contributed by atoms with van der Waals surface area (Å²) in [5.74, 6) is -2.58. The number of aromatic nitrogens is 3. The minimum Gasteiger partial charge on any atom is -0.354 e. The highest BCUT2D eigenvalue weighted by atomic mass is 19.4. The Balaban J connectivity index is 1.44. The number of nitrogens with one attached hydrogen (secondary N) is 3. The van der Waals surface area contributed by atoms with E-state index in [1.165, 1.54) is 0 Å². The van der Waals surface area contributed by atoms with Crippen molar-refractivity contribution in [2.45, 2.75) is 47.7 Å². The van der Waals surface area contributed by atoms with E-state index in [0.29, 0.717) is 55.0 Å². The van der Waals surface area contributed by atoms with Crippen LogP contribution in [0.3, 0.4) is 0 Å². The predicted octanol–water partition coefficient (Wildman–Crippen LogP) is 14.7. The molecule has 0 aliphatic carbocycles. The number of fused-ring (bicyclic) bond motifs is 9. The van der Waals surface area contributed by atoms with Gasteiger partial charge in [-0.3, -0.25) is 0 Å². The maximum atomic E-state index is 18.2. The zero-order valence-electron chi connectivity index (χ0n) is 32.1. The van der Waals surface area contributed by atoms with Gasteiger partial charge in [0.2, 0.25) is 0 Å². The molecule has 3 aromatic heterocycles. The highest BCUT2D eigenvalue weighted by Crippen LogP contribution is 2.53. The van der Waals surface area contributed by atoms with Gasteiger partial charge in [0.25, 0.3) is 0 Å². The molecule has 0 unspecified atom stereocenters. The maximum Gasteiger partial charge on any atom is 0.417 e. The van der Waals surface area contributed by atoms with Crippen LogP contribution in [0, 0.1) is 53.2 Å². The van der Waals surface area contributed by atoms with Crippen LogP contribution in [0.15, 0.2) is 91.0 Å². The van der Waals surface area contributed by atoms with Gasteiger partial charge in [-0.15, -0.1) is 0 Å². The lowest BCUT2D eigenvalue weighted by Crippen LogP contribution is -2.15. The second kappa shape index (κ2) is 12.0. The van der Waals surface area contributed by atoms with E-state index < -0.39 is 40.1 Å². The number of aryl methyl sites for hydroxylation is 6. The third kappa shape index (κ3) is 5.23. The van der Waals surface area contributed by atoms with Crippen molar-refractivity contribution in [2.75, 3.05) is 0 Å². The van der Waals surface area contributed by atoms with Crippen molar-refractivity contribution < 1.29 is 22.0 Å². The predicted molar refractivity (Wildman–Crippen MR) is 224 cm³/mol. The molecule has 0 aliphatic rings. The van der Waals surface area contributed by atoms with Crippen LogP contribution in [0.5, 0.6) is 0 Å². The average molecular weight is 762 g/mol. The first-order valence-electron chi connectivity index (χ1n) is 18.9. The van der Waals surface area contributed by atoms with Crippen molar-refractivity contribution in [1.29, 1.82) is 0 Å². The zero-order valence-corrected chi connectivity index (χ0v) is 32.1. The molecule has 282 valence electrons. The summed E-state index contributed by atoms with van der Waals surface area (Å²) in [5.41, 5.74) is 4.93. The molecule has 3 heterocycles. The third-order valence-corrected chi connectivity index (χ3v) is 11.5. The van der Waals surface area contributed by atoms with Gasteiger partial charge in [-0.25, -0.2) is 8.78 Å². The van der Waals surface area contributed by atoms with E-state index in [1.807, 2.05) is 100 Å².